The number of ketones is 1. The summed E-state index contributed by atoms with van der Waals surface area (Å²) < 4.78 is 8.23. The van der Waals surface area contributed by atoms with Crippen LogP contribution < -0.4 is 5.56 Å². The number of aryl methyl sites for hydroxylation is 2. The highest BCUT2D eigenvalue weighted by atomic mass is 35.5. The summed E-state index contributed by atoms with van der Waals surface area (Å²) in [6.07, 6.45) is 1.32. The van der Waals surface area contributed by atoms with Gasteiger partial charge in [-0.2, -0.15) is 0 Å². The molecule has 0 amide bonds. The third-order valence-corrected chi connectivity index (χ3v) is 5.24. The second-order valence-electron chi connectivity index (χ2n) is 6.80. The summed E-state index contributed by atoms with van der Waals surface area (Å²) in [4.78, 5) is 30.0. The normalized spacial score (nSPS) is 11.3. The van der Waals surface area contributed by atoms with Crippen LogP contribution in [0.2, 0.25) is 10.0 Å². The highest BCUT2D eigenvalue weighted by molar-refractivity contribution is 6.38. The minimum atomic E-state index is -0.381. The minimum absolute atomic E-state index is 0.159. The van der Waals surface area contributed by atoms with Crippen molar-refractivity contribution in [3.8, 4) is 5.82 Å². The summed E-state index contributed by atoms with van der Waals surface area (Å²) in [6.45, 7) is 5.34. The minimum Gasteiger partial charge on any atom is -0.360 e. The Morgan fingerprint density at radius 2 is 1.90 bits per heavy atom. The highest BCUT2D eigenvalue weighted by Gasteiger charge is 2.20. The molecule has 0 aliphatic carbocycles. The highest BCUT2D eigenvalue weighted by Crippen LogP contribution is 2.24. The summed E-state index contributed by atoms with van der Waals surface area (Å²) in [5.74, 6) is 1.05. The average Bonchev–Trinajstić information content (AvgIpc) is 3.20. The first-order chi connectivity index (χ1) is 13.8. The Hall–Kier alpha value is -2.90. The quantitative estimate of drug-likeness (QED) is 0.450. The Kier molecular flexibility index (Phi) is 4.80. The molecule has 0 saturated heterocycles. The first-order valence-corrected chi connectivity index (χ1v) is 9.52. The van der Waals surface area contributed by atoms with Gasteiger partial charge in [0.25, 0.3) is 5.56 Å². The first-order valence-electron chi connectivity index (χ1n) is 8.76. The predicted octanol–water partition coefficient (Wildman–Crippen LogP) is 4.29. The molecule has 0 unspecified atom stereocenters. The van der Waals surface area contributed by atoms with Gasteiger partial charge in [0.15, 0.2) is 11.6 Å². The number of nitrogens with zero attached hydrogens (tertiary/aromatic N) is 4. The smallest absolute Gasteiger partial charge is 0.261 e. The number of halogens is 2. The summed E-state index contributed by atoms with van der Waals surface area (Å²) in [6, 6.07) is 6.58. The zero-order chi connectivity index (χ0) is 20.9. The van der Waals surface area contributed by atoms with E-state index in [1.165, 1.54) is 23.0 Å². The van der Waals surface area contributed by atoms with E-state index in [0.717, 1.165) is 5.69 Å². The molecule has 4 aromatic rings. The van der Waals surface area contributed by atoms with E-state index in [2.05, 4.69) is 10.1 Å². The zero-order valence-corrected chi connectivity index (χ0v) is 17.4. The number of benzene rings is 1. The Labute approximate surface area is 175 Å². The second kappa shape index (κ2) is 7.17. The zero-order valence-electron chi connectivity index (χ0n) is 15.9. The summed E-state index contributed by atoms with van der Waals surface area (Å²) in [5, 5.41) is 4.90. The molecule has 0 bridgehead atoms. The van der Waals surface area contributed by atoms with Crippen LogP contribution in [0.4, 0.5) is 0 Å². The van der Waals surface area contributed by atoms with Crippen molar-refractivity contribution in [2.45, 2.75) is 27.3 Å². The summed E-state index contributed by atoms with van der Waals surface area (Å²) in [7, 11) is 0. The molecule has 4 rings (SSSR count). The average molecular weight is 431 g/mol. The van der Waals surface area contributed by atoms with E-state index in [4.69, 9.17) is 27.7 Å². The van der Waals surface area contributed by atoms with E-state index >= 15 is 0 Å². The van der Waals surface area contributed by atoms with E-state index in [1.807, 2.05) is 18.4 Å². The van der Waals surface area contributed by atoms with Crippen molar-refractivity contribution in [2.24, 2.45) is 0 Å². The van der Waals surface area contributed by atoms with Gasteiger partial charge < -0.3 is 4.52 Å². The van der Waals surface area contributed by atoms with Crippen molar-refractivity contribution in [2.75, 3.05) is 0 Å². The van der Waals surface area contributed by atoms with Gasteiger partial charge in [0.2, 0.25) is 0 Å². The van der Waals surface area contributed by atoms with Crippen LogP contribution in [0, 0.1) is 20.8 Å². The van der Waals surface area contributed by atoms with Gasteiger partial charge in [-0.05, 0) is 39.0 Å². The van der Waals surface area contributed by atoms with Crippen LogP contribution in [-0.4, -0.2) is 25.1 Å². The van der Waals surface area contributed by atoms with Crippen LogP contribution in [0.1, 0.15) is 27.5 Å². The number of carbonyl (C=O) groups is 1. The Morgan fingerprint density at radius 3 is 2.59 bits per heavy atom. The summed E-state index contributed by atoms with van der Waals surface area (Å²) >= 11 is 12.1. The fourth-order valence-electron chi connectivity index (χ4n) is 3.40. The Bertz CT molecular complexity index is 1330. The van der Waals surface area contributed by atoms with Crippen molar-refractivity contribution < 1.29 is 9.32 Å². The van der Waals surface area contributed by atoms with Crippen molar-refractivity contribution in [3.05, 3.63) is 73.7 Å². The lowest BCUT2D eigenvalue weighted by molar-refractivity contribution is 0.0970. The monoisotopic (exact) mass is 430 g/mol. The number of hydrogen-bond acceptors (Lipinski definition) is 5. The third kappa shape index (κ3) is 3.36. The number of carbonyl (C=O) groups excluding carboxylic acids is 1. The molecule has 0 aliphatic heterocycles. The molecule has 0 spiro atoms. The number of hydrogen-bond donors (Lipinski definition) is 0. The largest absolute Gasteiger partial charge is 0.360 e. The van der Waals surface area contributed by atoms with Crippen LogP contribution in [-0.2, 0) is 6.54 Å². The Morgan fingerprint density at radius 1 is 1.14 bits per heavy atom. The topological polar surface area (TPSA) is 82.9 Å². The molecule has 1 aromatic carbocycles. The van der Waals surface area contributed by atoms with Crippen molar-refractivity contribution >= 4 is 39.9 Å². The first kappa shape index (κ1) is 19.4. The molecule has 29 heavy (non-hydrogen) atoms. The molecule has 7 nitrogen and oxygen atoms in total. The molecule has 0 N–H and O–H groups in total. The predicted molar refractivity (Wildman–Crippen MR) is 110 cm³/mol. The van der Waals surface area contributed by atoms with Crippen molar-refractivity contribution in [1.29, 1.82) is 0 Å². The summed E-state index contributed by atoms with van der Waals surface area (Å²) in [5.41, 5.74) is 2.02. The lowest BCUT2D eigenvalue weighted by Gasteiger charge is -2.08. The molecule has 3 aromatic heterocycles. The fourth-order valence-corrected chi connectivity index (χ4v) is 3.95. The van der Waals surface area contributed by atoms with E-state index in [0.29, 0.717) is 33.4 Å². The van der Waals surface area contributed by atoms with Crippen molar-refractivity contribution in [1.82, 2.24) is 19.3 Å². The van der Waals surface area contributed by atoms with E-state index in [-0.39, 0.29) is 28.3 Å². The molecular formula is C20H16Cl2N4O3. The SMILES string of the molecule is Cc1cc(-n2c(C)cc(C(=O)Cn3cnc4c(Cl)cc(Cl)cc4c3=O)c2C)no1. The van der Waals surface area contributed by atoms with Crippen LogP contribution in [0.25, 0.3) is 16.7 Å². The van der Waals surface area contributed by atoms with E-state index in [9.17, 15) is 9.59 Å². The molecule has 0 saturated carbocycles. The maximum atomic E-state index is 13.0. The van der Waals surface area contributed by atoms with Crippen LogP contribution in [0.5, 0.6) is 0 Å². The van der Waals surface area contributed by atoms with Gasteiger partial charge in [-0.1, -0.05) is 28.4 Å². The number of aromatic nitrogens is 4. The maximum absolute atomic E-state index is 13.0. The molecular weight excluding hydrogens is 415 g/mol. The van der Waals surface area contributed by atoms with Crippen LogP contribution in [0.3, 0.4) is 0 Å². The van der Waals surface area contributed by atoms with Gasteiger partial charge >= 0.3 is 0 Å². The van der Waals surface area contributed by atoms with Gasteiger partial charge in [-0.3, -0.25) is 18.7 Å². The van der Waals surface area contributed by atoms with Gasteiger partial charge in [0.1, 0.15) is 5.76 Å². The van der Waals surface area contributed by atoms with Crippen LogP contribution in [0.15, 0.2) is 39.9 Å². The number of fused-ring (bicyclic) bond motifs is 1. The molecule has 0 fully saturated rings. The lowest BCUT2D eigenvalue weighted by Crippen LogP contribution is -2.25. The molecule has 0 radical (unpaired) electrons. The van der Waals surface area contributed by atoms with E-state index in [1.54, 1.807) is 19.1 Å². The molecule has 148 valence electrons. The van der Waals surface area contributed by atoms with Crippen LogP contribution >= 0.6 is 23.2 Å². The van der Waals surface area contributed by atoms with E-state index < -0.39 is 0 Å². The van der Waals surface area contributed by atoms with Gasteiger partial charge in [0.05, 0.1) is 28.8 Å². The number of rotatable bonds is 4. The molecule has 9 heteroatoms. The van der Waals surface area contributed by atoms with Gasteiger partial charge in [-0.25, -0.2) is 4.98 Å². The molecule has 3 heterocycles. The number of Topliss-reactive ketones (excluding diaryl/α,β-unsaturated/α-hetero) is 1. The molecule has 0 aliphatic rings. The van der Waals surface area contributed by atoms with Gasteiger partial charge in [0, 0.05) is 28.0 Å². The Balaban J connectivity index is 1.72. The van der Waals surface area contributed by atoms with Crippen molar-refractivity contribution in [3.63, 3.8) is 0 Å². The van der Waals surface area contributed by atoms with Gasteiger partial charge in [-0.15, -0.1) is 0 Å². The standard InChI is InChI=1S/C20H16Cl2N4O3/c1-10-4-14(12(3)26(10)18-5-11(2)29-24-18)17(27)8-25-9-23-19-15(20(25)28)6-13(21)7-16(19)22/h4-7,9H,8H2,1-3H3. The third-order valence-electron chi connectivity index (χ3n) is 4.74. The lowest BCUT2D eigenvalue weighted by atomic mass is 10.1. The second-order valence-corrected chi connectivity index (χ2v) is 7.64. The molecule has 0 atom stereocenters. The maximum Gasteiger partial charge on any atom is 0.261 e. The fraction of sp³-hybridized carbons (Fsp3) is 0.200.